The number of carbonyl (C=O) groups is 2. The second-order valence-electron chi connectivity index (χ2n) is 8.27. The van der Waals surface area contributed by atoms with Crippen molar-refractivity contribution in [3.8, 4) is 0 Å². The summed E-state index contributed by atoms with van der Waals surface area (Å²) in [5, 5.41) is 0. The molecule has 0 N–H and O–H groups in total. The van der Waals surface area contributed by atoms with E-state index in [-0.39, 0.29) is 17.5 Å². The maximum absolute atomic E-state index is 13.5. The van der Waals surface area contributed by atoms with E-state index in [1.54, 1.807) is 12.1 Å². The molecule has 3 aromatic carbocycles. The van der Waals surface area contributed by atoms with Gasteiger partial charge in [0, 0.05) is 51.0 Å². The first-order chi connectivity index (χ1) is 14.8. The molecule has 0 aliphatic rings. The van der Waals surface area contributed by atoms with Crippen LogP contribution in [0.5, 0.6) is 0 Å². The third-order valence-corrected chi connectivity index (χ3v) is 5.65. The molecular formula is C27H30N2O2. The van der Waals surface area contributed by atoms with E-state index in [2.05, 4.69) is 0 Å². The van der Waals surface area contributed by atoms with Gasteiger partial charge in [0.1, 0.15) is 5.78 Å². The molecule has 31 heavy (non-hydrogen) atoms. The van der Waals surface area contributed by atoms with Crippen LogP contribution in [0.25, 0.3) is 0 Å². The van der Waals surface area contributed by atoms with Crippen molar-refractivity contribution >= 4 is 22.9 Å². The van der Waals surface area contributed by atoms with E-state index in [0.717, 1.165) is 22.5 Å². The summed E-state index contributed by atoms with van der Waals surface area (Å²) in [6.07, 6.45) is 0. The third kappa shape index (κ3) is 5.02. The number of nitrogens with zero attached hydrogens (tertiary/aromatic N) is 2. The number of ketones is 2. The molecule has 0 aliphatic carbocycles. The van der Waals surface area contributed by atoms with Crippen molar-refractivity contribution < 1.29 is 9.59 Å². The van der Waals surface area contributed by atoms with Crippen LogP contribution in [0.1, 0.15) is 34.3 Å². The molecule has 4 nitrogen and oxygen atoms in total. The van der Waals surface area contributed by atoms with Gasteiger partial charge in [0.25, 0.3) is 0 Å². The number of hydrogen-bond acceptors (Lipinski definition) is 4. The molecule has 0 saturated heterocycles. The van der Waals surface area contributed by atoms with Crippen LogP contribution >= 0.6 is 0 Å². The van der Waals surface area contributed by atoms with Crippen molar-refractivity contribution in [2.24, 2.45) is 5.92 Å². The Balaban J connectivity index is 2.12. The fourth-order valence-electron chi connectivity index (χ4n) is 3.89. The summed E-state index contributed by atoms with van der Waals surface area (Å²) in [6, 6.07) is 25.3. The average molecular weight is 415 g/mol. The van der Waals surface area contributed by atoms with Crippen molar-refractivity contribution in [3.63, 3.8) is 0 Å². The van der Waals surface area contributed by atoms with Crippen LogP contribution in [0.3, 0.4) is 0 Å². The maximum atomic E-state index is 13.5. The number of anilines is 2. The summed E-state index contributed by atoms with van der Waals surface area (Å²) >= 11 is 0. The lowest BCUT2D eigenvalue weighted by molar-refractivity contribution is -0.119. The fourth-order valence-corrected chi connectivity index (χ4v) is 3.89. The van der Waals surface area contributed by atoms with E-state index >= 15 is 0 Å². The van der Waals surface area contributed by atoms with Gasteiger partial charge in [-0.3, -0.25) is 9.59 Å². The highest BCUT2D eigenvalue weighted by Gasteiger charge is 2.35. The Morgan fingerprint density at radius 2 is 1.06 bits per heavy atom. The van der Waals surface area contributed by atoms with E-state index in [4.69, 9.17) is 0 Å². The molecule has 0 aromatic heterocycles. The number of hydrogen-bond donors (Lipinski definition) is 0. The average Bonchev–Trinajstić information content (AvgIpc) is 2.77. The Labute approximate surface area is 185 Å². The van der Waals surface area contributed by atoms with E-state index < -0.39 is 5.92 Å². The van der Waals surface area contributed by atoms with Gasteiger partial charge in [-0.2, -0.15) is 0 Å². The minimum atomic E-state index is -0.794. The number of Topliss-reactive ketones (excluding diaryl/α,β-unsaturated/α-hetero) is 2. The predicted octanol–water partition coefficient (Wildman–Crippen LogP) is 5.04. The Bertz CT molecular complexity index is 972. The molecule has 0 saturated carbocycles. The zero-order valence-corrected chi connectivity index (χ0v) is 18.9. The Kier molecular flexibility index (Phi) is 6.91. The molecule has 0 heterocycles. The first kappa shape index (κ1) is 22.3. The SMILES string of the molecule is CC(=O)C(C(=O)c1ccccc1)C(c1ccc(N(C)C)cc1)c1ccc(N(C)C)cc1. The topological polar surface area (TPSA) is 40.6 Å². The Hall–Kier alpha value is -3.40. The molecule has 1 atom stereocenters. The van der Waals surface area contributed by atoms with Crippen LogP contribution < -0.4 is 9.80 Å². The summed E-state index contributed by atoms with van der Waals surface area (Å²) in [4.78, 5) is 30.4. The van der Waals surface area contributed by atoms with Crippen LogP contribution in [0.4, 0.5) is 11.4 Å². The third-order valence-electron chi connectivity index (χ3n) is 5.65. The summed E-state index contributed by atoms with van der Waals surface area (Å²) in [7, 11) is 7.96. The van der Waals surface area contributed by atoms with Gasteiger partial charge in [0.05, 0.1) is 5.92 Å². The van der Waals surface area contributed by atoms with Crippen LogP contribution in [-0.4, -0.2) is 39.8 Å². The summed E-state index contributed by atoms with van der Waals surface area (Å²) in [6.45, 7) is 1.51. The van der Waals surface area contributed by atoms with Gasteiger partial charge in [-0.1, -0.05) is 54.6 Å². The molecule has 3 aromatic rings. The minimum absolute atomic E-state index is 0.132. The van der Waals surface area contributed by atoms with Gasteiger partial charge in [-0.05, 0) is 42.3 Å². The minimum Gasteiger partial charge on any atom is -0.378 e. The molecule has 160 valence electrons. The van der Waals surface area contributed by atoms with Gasteiger partial charge in [-0.25, -0.2) is 0 Å². The van der Waals surface area contributed by atoms with Gasteiger partial charge < -0.3 is 9.80 Å². The second kappa shape index (κ2) is 9.61. The monoisotopic (exact) mass is 414 g/mol. The number of carbonyl (C=O) groups excluding carboxylic acids is 2. The quantitative estimate of drug-likeness (QED) is 0.383. The lowest BCUT2D eigenvalue weighted by atomic mass is 9.75. The molecule has 1 unspecified atom stereocenters. The second-order valence-corrected chi connectivity index (χ2v) is 8.27. The van der Waals surface area contributed by atoms with Crippen LogP contribution in [-0.2, 0) is 4.79 Å². The highest BCUT2D eigenvalue weighted by atomic mass is 16.1. The zero-order chi connectivity index (χ0) is 22.5. The molecule has 4 heteroatoms. The van der Waals surface area contributed by atoms with Gasteiger partial charge in [0.15, 0.2) is 5.78 Å². The molecule has 0 aliphatic heterocycles. The van der Waals surface area contributed by atoms with Crippen molar-refractivity contribution in [1.82, 2.24) is 0 Å². The van der Waals surface area contributed by atoms with Gasteiger partial charge in [0.2, 0.25) is 0 Å². The first-order valence-electron chi connectivity index (χ1n) is 10.4. The first-order valence-corrected chi connectivity index (χ1v) is 10.4. The smallest absolute Gasteiger partial charge is 0.174 e. The van der Waals surface area contributed by atoms with E-state index in [0.29, 0.717) is 5.56 Å². The molecule has 0 fully saturated rings. The van der Waals surface area contributed by atoms with Crippen molar-refractivity contribution in [3.05, 3.63) is 95.6 Å². The lowest BCUT2D eigenvalue weighted by Crippen LogP contribution is -2.30. The lowest BCUT2D eigenvalue weighted by Gasteiger charge is -2.27. The highest BCUT2D eigenvalue weighted by Crippen LogP contribution is 2.36. The Morgan fingerprint density at radius 3 is 1.42 bits per heavy atom. The van der Waals surface area contributed by atoms with E-state index in [1.165, 1.54) is 6.92 Å². The predicted molar refractivity (Wildman–Crippen MR) is 128 cm³/mol. The molecule has 0 bridgehead atoms. The van der Waals surface area contributed by atoms with Crippen molar-refractivity contribution in [2.75, 3.05) is 38.0 Å². The van der Waals surface area contributed by atoms with Crippen LogP contribution in [0.2, 0.25) is 0 Å². The summed E-state index contributed by atoms with van der Waals surface area (Å²) in [5.41, 5.74) is 4.60. The normalized spacial score (nSPS) is 11.8. The Morgan fingerprint density at radius 1 is 0.645 bits per heavy atom. The number of benzene rings is 3. The molecular weight excluding hydrogens is 384 g/mol. The maximum Gasteiger partial charge on any atom is 0.174 e. The van der Waals surface area contributed by atoms with Crippen molar-refractivity contribution in [2.45, 2.75) is 12.8 Å². The highest BCUT2D eigenvalue weighted by molar-refractivity contribution is 6.11. The van der Waals surface area contributed by atoms with Gasteiger partial charge in [-0.15, -0.1) is 0 Å². The summed E-state index contributed by atoms with van der Waals surface area (Å²) < 4.78 is 0. The van der Waals surface area contributed by atoms with Crippen LogP contribution in [0.15, 0.2) is 78.9 Å². The van der Waals surface area contributed by atoms with Gasteiger partial charge >= 0.3 is 0 Å². The fraction of sp³-hybridized carbons (Fsp3) is 0.259. The van der Waals surface area contributed by atoms with E-state index in [9.17, 15) is 9.59 Å². The van der Waals surface area contributed by atoms with Crippen LogP contribution in [0, 0.1) is 5.92 Å². The van der Waals surface area contributed by atoms with Crippen molar-refractivity contribution in [1.29, 1.82) is 0 Å². The summed E-state index contributed by atoms with van der Waals surface area (Å²) in [5.74, 6) is -1.44. The molecule has 0 spiro atoms. The molecule has 0 amide bonds. The zero-order valence-electron chi connectivity index (χ0n) is 18.9. The largest absolute Gasteiger partial charge is 0.378 e. The van der Waals surface area contributed by atoms with E-state index in [1.807, 2.05) is 105 Å². The standard InChI is InChI=1S/C27H30N2O2/c1-19(30)25(27(31)22-9-7-6-8-10-22)26(20-11-15-23(16-12-20)28(2)3)21-13-17-24(18-14-21)29(4)5/h6-18,25-26H,1-5H3. The number of rotatable bonds is 8. The molecule has 3 rings (SSSR count). The molecule has 0 radical (unpaired) electrons.